The van der Waals surface area contributed by atoms with Crippen molar-refractivity contribution in [2.45, 2.75) is 32.2 Å². The van der Waals surface area contributed by atoms with Crippen LogP contribution in [0.15, 0.2) is 77.7 Å². The third kappa shape index (κ3) is 4.97. The van der Waals surface area contributed by atoms with Crippen LogP contribution in [0.3, 0.4) is 0 Å². The zero-order chi connectivity index (χ0) is 21.7. The topological polar surface area (TPSA) is 40.6 Å². The van der Waals surface area contributed by atoms with Crippen molar-refractivity contribution in [2.75, 3.05) is 22.3 Å². The maximum absolute atomic E-state index is 13.5. The van der Waals surface area contributed by atoms with E-state index in [9.17, 15) is 8.42 Å². The Kier molecular flexibility index (Phi) is 7.06. The molecule has 6 heteroatoms. The van der Waals surface area contributed by atoms with Crippen LogP contribution in [-0.4, -0.2) is 21.5 Å². The first-order valence-corrected chi connectivity index (χ1v) is 11.9. The molecule has 0 aliphatic heterocycles. The minimum Gasteiger partial charge on any atom is -0.372 e. The van der Waals surface area contributed by atoms with E-state index < -0.39 is 10.0 Å². The van der Waals surface area contributed by atoms with Crippen LogP contribution in [0.5, 0.6) is 0 Å². The van der Waals surface area contributed by atoms with Gasteiger partial charge in [-0.15, -0.1) is 0 Å². The number of halogens is 1. The third-order valence-electron chi connectivity index (χ3n) is 5.11. The lowest BCUT2D eigenvalue weighted by Gasteiger charge is -2.26. The zero-order valence-electron chi connectivity index (χ0n) is 17.5. The van der Waals surface area contributed by atoms with Crippen LogP contribution < -0.4 is 9.21 Å². The van der Waals surface area contributed by atoms with E-state index >= 15 is 0 Å². The summed E-state index contributed by atoms with van der Waals surface area (Å²) >= 11 is 6.03. The first kappa shape index (κ1) is 22.2. The fourth-order valence-electron chi connectivity index (χ4n) is 3.33. The van der Waals surface area contributed by atoms with E-state index in [-0.39, 0.29) is 11.4 Å². The lowest BCUT2D eigenvalue weighted by molar-refractivity contribution is 0.590. The highest BCUT2D eigenvalue weighted by molar-refractivity contribution is 7.92. The number of benzene rings is 3. The van der Waals surface area contributed by atoms with Crippen LogP contribution in [0.1, 0.15) is 25.0 Å². The van der Waals surface area contributed by atoms with Crippen molar-refractivity contribution in [1.82, 2.24) is 0 Å². The van der Waals surface area contributed by atoms with Gasteiger partial charge in [-0.3, -0.25) is 4.31 Å². The molecular formula is C24H27ClN2O2S. The van der Waals surface area contributed by atoms with Crippen molar-refractivity contribution in [1.29, 1.82) is 0 Å². The molecule has 0 aliphatic carbocycles. The summed E-state index contributed by atoms with van der Waals surface area (Å²) in [4.78, 5) is 2.52. The number of sulfonamides is 1. The molecular weight excluding hydrogens is 416 g/mol. The first-order chi connectivity index (χ1) is 14.3. The van der Waals surface area contributed by atoms with Crippen molar-refractivity contribution < 1.29 is 8.42 Å². The first-order valence-electron chi connectivity index (χ1n) is 10.0. The fourth-order valence-corrected chi connectivity index (χ4v) is 4.91. The van der Waals surface area contributed by atoms with Crippen LogP contribution in [0.2, 0.25) is 5.02 Å². The van der Waals surface area contributed by atoms with Crippen LogP contribution in [0, 0.1) is 6.92 Å². The predicted molar refractivity (Wildman–Crippen MR) is 126 cm³/mol. The normalized spacial score (nSPS) is 11.3. The summed E-state index contributed by atoms with van der Waals surface area (Å²) in [5.74, 6) is 0. The number of aryl methyl sites for hydroxylation is 1. The predicted octanol–water partition coefficient (Wildman–Crippen LogP) is 5.89. The average molecular weight is 443 g/mol. The molecule has 0 unspecified atom stereocenters. The molecule has 0 aromatic heterocycles. The number of rotatable bonds is 8. The van der Waals surface area contributed by atoms with E-state index in [2.05, 4.69) is 18.7 Å². The van der Waals surface area contributed by atoms with Crippen molar-refractivity contribution in [3.05, 3.63) is 88.9 Å². The van der Waals surface area contributed by atoms with Crippen LogP contribution in [-0.2, 0) is 16.6 Å². The monoisotopic (exact) mass is 442 g/mol. The lowest BCUT2D eigenvalue weighted by atomic mass is 10.2. The molecule has 0 heterocycles. The summed E-state index contributed by atoms with van der Waals surface area (Å²) in [5.41, 5.74) is 3.63. The number of nitrogens with zero attached hydrogens (tertiary/aromatic N) is 2. The van der Waals surface area contributed by atoms with E-state index in [4.69, 9.17) is 11.6 Å². The largest absolute Gasteiger partial charge is 0.372 e. The van der Waals surface area contributed by atoms with E-state index in [1.165, 1.54) is 4.31 Å². The van der Waals surface area contributed by atoms with Gasteiger partial charge in [-0.25, -0.2) is 8.42 Å². The van der Waals surface area contributed by atoms with Gasteiger partial charge in [-0.2, -0.15) is 0 Å². The van der Waals surface area contributed by atoms with Gasteiger partial charge in [0.2, 0.25) is 0 Å². The maximum Gasteiger partial charge on any atom is 0.264 e. The minimum absolute atomic E-state index is 0.233. The quantitative estimate of drug-likeness (QED) is 0.436. The van der Waals surface area contributed by atoms with Crippen LogP contribution in [0.25, 0.3) is 0 Å². The highest BCUT2D eigenvalue weighted by Gasteiger charge is 2.25. The molecule has 0 atom stereocenters. The molecule has 0 amide bonds. The van der Waals surface area contributed by atoms with Gasteiger partial charge >= 0.3 is 0 Å². The Balaban J connectivity index is 1.98. The molecule has 0 bridgehead atoms. The molecule has 3 aromatic rings. The second-order valence-corrected chi connectivity index (χ2v) is 9.44. The Labute approximate surface area is 184 Å². The van der Waals surface area contributed by atoms with E-state index in [1.54, 1.807) is 36.4 Å². The Hall–Kier alpha value is -2.50. The molecule has 0 radical (unpaired) electrons. The molecule has 0 saturated carbocycles. The van der Waals surface area contributed by atoms with Crippen molar-refractivity contribution >= 4 is 33.0 Å². The Bertz CT molecular complexity index is 1060. The fraction of sp³-hybridized carbons (Fsp3) is 0.250. The van der Waals surface area contributed by atoms with Gasteiger partial charge in [-0.05, 0) is 74.9 Å². The van der Waals surface area contributed by atoms with Crippen LogP contribution >= 0.6 is 11.6 Å². The second-order valence-electron chi connectivity index (χ2n) is 7.14. The lowest BCUT2D eigenvalue weighted by Crippen LogP contribution is -2.30. The van der Waals surface area contributed by atoms with Gasteiger partial charge < -0.3 is 4.90 Å². The highest BCUT2D eigenvalue weighted by atomic mass is 35.5. The van der Waals surface area contributed by atoms with Crippen LogP contribution in [0.4, 0.5) is 11.4 Å². The molecule has 0 spiro atoms. The molecule has 3 rings (SSSR count). The zero-order valence-corrected chi connectivity index (χ0v) is 19.1. The second kappa shape index (κ2) is 9.54. The highest BCUT2D eigenvalue weighted by Crippen LogP contribution is 2.28. The Morgan fingerprint density at radius 3 is 1.83 bits per heavy atom. The van der Waals surface area contributed by atoms with Crippen molar-refractivity contribution in [3.8, 4) is 0 Å². The van der Waals surface area contributed by atoms with E-state index in [0.29, 0.717) is 10.7 Å². The summed E-state index contributed by atoms with van der Waals surface area (Å²) < 4.78 is 28.4. The molecule has 0 aliphatic rings. The molecule has 158 valence electrons. The SMILES string of the molecule is CCN(CC)c1ccc(CN(c2ccc(Cl)cc2)S(=O)(=O)c2ccc(C)cc2)cc1. The van der Waals surface area contributed by atoms with Gasteiger partial charge in [0.1, 0.15) is 0 Å². The van der Waals surface area contributed by atoms with Gasteiger partial charge in [0.25, 0.3) is 10.0 Å². The minimum atomic E-state index is -3.74. The smallest absolute Gasteiger partial charge is 0.264 e. The summed E-state index contributed by atoms with van der Waals surface area (Å²) in [7, 11) is -3.74. The molecule has 0 N–H and O–H groups in total. The number of hydrogen-bond donors (Lipinski definition) is 0. The molecule has 4 nitrogen and oxygen atoms in total. The molecule has 30 heavy (non-hydrogen) atoms. The summed E-state index contributed by atoms with van der Waals surface area (Å²) in [6, 6.07) is 21.9. The molecule has 3 aromatic carbocycles. The number of anilines is 2. The Morgan fingerprint density at radius 2 is 1.30 bits per heavy atom. The molecule has 0 fully saturated rings. The Morgan fingerprint density at radius 1 is 0.767 bits per heavy atom. The van der Waals surface area contributed by atoms with Crippen molar-refractivity contribution in [2.24, 2.45) is 0 Å². The van der Waals surface area contributed by atoms with E-state index in [1.807, 2.05) is 43.3 Å². The van der Waals surface area contributed by atoms with Gasteiger partial charge in [0, 0.05) is 23.8 Å². The van der Waals surface area contributed by atoms with E-state index in [0.717, 1.165) is 29.9 Å². The third-order valence-corrected chi connectivity index (χ3v) is 7.15. The maximum atomic E-state index is 13.5. The van der Waals surface area contributed by atoms with Gasteiger partial charge in [0.05, 0.1) is 17.1 Å². The summed E-state index contributed by atoms with van der Waals surface area (Å²) in [6.45, 7) is 8.26. The number of hydrogen-bond acceptors (Lipinski definition) is 3. The average Bonchev–Trinajstić information content (AvgIpc) is 2.75. The van der Waals surface area contributed by atoms with Gasteiger partial charge in [-0.1, -0.05) is 41.4 Å². The van der Waals surface area contributed by atoms with Gasteiger partial charge in [0.15, 0.2) is 0 Å². The molecule has 0 saturated heterocycles. The standard InChI is InChI=1S/C24H27ClN2O2S/c1-4-26(5-2)22-12-8-20(9-13-22)18-27(23-14-10-21(25)11-15-23)30(28,29)24-16-6-19(3)7-17-24/h6-17H,4-5,18H2,1-3H3. The van der Waals surface area contributed by atoms with Crippen molar-refractivity contribution in [3.63, 3.8) is 0 Å². The summed E-state index contributed by atoms with van der Waals surface area (Å²) in [6.07, 6.45) is 0. The summed E-state index contributed by atoms with van der Waals surface area (Å²) in [5, 5.41) is 0.565.